The van der Waals surface area contributed by atoms with Crippen LogP contribution in [0.1, 0.15) is 70.0 Å². The van der Waals surface area contributed by atoms with Crippen molar-refractivity contribution in [3.63, 3.8) is 0 Å². The van der Waals surface area contributed by atoms with Gasteiger partial charge >= 0.3 is 0 Å². The average molecular weight is 287 g/mol. The average Bonchev–Trinajstić information content (AvgIpc) is 2.93. The van der Waals surface area contributed by atoms with Crippen LogP contribution < -0.4 is 10.1 Å². The Hall–Kier alpha value is -1.02. The number of hydrogen-bond acceptors (Lipinski definition) is 2. The molecule has 0 spiro atoms. The molecule has 1 N–H and O–H groups in total. The molecule has 116 valence electrons. The number of fused-ring (bicyclic) bond motifs is 1. The van der Waals surface area contributed by atoms with Crippen molar-refractivity contribution in [1.29, 1.82) is 0 Å². The van der Waals surface area contributed by atoms with E-state index in [0.29, 0.717) is 17.5 Å². The quantitative estimate of drug-likeness (QED) is 0.871. The summed E-state index contributed by atoms with van der Waals surface area (Å²) in [5.74, 6) is 1.09. The second-order valence-corrected chi connectivity index (χ2v) is 7.38. The van der Waals surface area contributed by atoms with Crippen LogP contribution in [0, 0.1) is 5.41 Å². The van der Waals surface area contributed by atoms with E-state index in [0.717, 1.165) is 25.2 Å². The smallest absolute Gasteiger partial charge is 0.122 e. The number of hydrogen-bond donors (Lipinski definition) is 1. The second kappa shape index (κ2) is 6.00. The van der Waals surface area contributed by atoms with Gasteiger partial charge in [0, 0.05) is 18.5 Å². The number of rotatable bonds is 4. The maximum absolute atomic E-state index is 5.63. The Kier molecular flexibility index (Phi) is 4.26. The summed E-state index contributed by atoms with van der Waals surface area (Å²) in [6.45, 7) is 7.98. The summed E-state index contributed by atoms with van der Waals surface area (Å²) in [6.07, 6.45) is 7.63. The van der Waals surface area contributed by atoms with Crippen LogP contribution in [0.15, 0.2) is 18.2 Å². The molecule has 0 aromatic heterocycles. The minimum atomic E-state index is 0.422. The summed E-state index contributed by atoms with van der Waals surface area (Å²) in [5, 5.41) is 3.96. The zero-order chi connectivity index (χ0) is 14.9. The second-order valence-electron chi connectivity index (χ2n) is 7.38. The van der Waals surface area contributed by atoms with Crippen LogP contribution >= 0.6 is 0 Å². The lowest BCUT2D eigenvalue weighted by atomic mass is 9.73. The van der Waals surface area contributed by atoms with Gasteiger partial charge in [-0.3, -0.25) is 0 Å². The molecular weight excluding hydrogens is 258 g/mol. The molecule has 2 unspecified atom stereocenters. The van der Waals surface area contributed by atoms with Gasteiger partial charge in [0.1, 0.15) is 5.75 Å². The van der Waals surface area contributed by atoms with Gasteiger partial charge in [0.2, 0.25) is 0 Å². The molecule has 2 heteroatoms. The molecule has 1 aromatic carbocycles. The predicted octanol–water partition coefficient (Wildman–Crippen LogP) is 4.63. The summed E-state index contributed by atoms with van der Waals surface area (Å²) >= 11 is 0. The van der Waals surface area contributed by atoms with E-state index in [1.165, 1.54) is 36.8 Å². The maximum atomic E-state index is 5.63. The molecule has 2 nitrogen and oxygen atoms in total. The van der Waals surface area contributed by atoms with E-state index in [1.807, 2.05) is 0 Å². The standard InChI is InChI=1S/C19H29NO/c1-4-16(20-18-7-5-6-11-19(18,2)3)14-8-9-17-15(13-14)10-12-21-17/h8-9,13,16,18,20H,4-7,10-12H2,1-3H3. The Morgan fingerprint density at radius 1 is 1.33 bits per heavy atom. The molecule has 0 radical (unpaired) electrons. The monoisotopic (exact) mass is 287 g/mol. The Labute approximate surface area is 129 Å². The molecule has 1 aliphatic heterocycles. The van der Waals surface area contributed by atoms with Crippen LogP contribution in [0.25, 0.3) is 0 Å². The van der Waals surface area contributed by atoms with Crippen LogP contribution in [-0.4, -0.2) is 12.6 Å². The third kappa shape index (κ3) is 3.11. The molecule has 1 aliphatic carbocycles. The Bertz CT molecular complexity index is 494. The highest BCUT2D eigenvalue weighted by atomic mass is 16.5. The molecule has 1 saturated carbocycles. The zero-order valence-corrected chi connectivity index (χ0v) is 13.7. The molecule has 0 bridgehead atoms. The van der Waals surface area contributed by atoms with E-state index in [1.54, 1.807) is 0 Å². The number of nitrogens with one attached hydrogen (secondary N) is 1. The van der Waals surface area contributed by atoms with Gasteiger partial charge < -0.3 is 10.1 Å². The van der Waals surface area contributed by atoms with Crippen molar-refractivity contribution < 1.29 is 4.74 Å². The predicted molar refractivity (Wildman–Crippen MR) is 87.8 cm³/mol. The first-order valence-corrected chi connectivity index (χ1v) is 8.62. The van der Waals surface area contributed by atoms with Gasteiger partial charge in [0.25, 0.3) is 0 Å². The van der Waals surface area contributed by atoms with Crippen molar-refractivity contribution in [3.05, 3.63) is 29.3 Å². The Morgan fingerprint density at radius 3 is 2.95 bits per heavy atom. The third-order valence-corrected chi connectivity index (χ3v) is 5.43. The van der Waals surface area contributed by atoms with E-state index in [2.05, 4.69) is 44.3 Å². The molecular formula is C19H29NO. The summed E-state index contributed by atoms with van der Waals surface area (Å²) in [5.41, 5.74) is 3.24. The molecule has 2 atom stereocenters. The molecule has 21 heavy (non-hydrogen) atoms. The van der Waals surface area contributed by atoms with Crippen molar-refractivity contribution in [2.75, 3.05) is 6.61 Å². The van der Waals surface area contributed by atoms with Crippen molar-refractivity contribution in [1.82, 2.24) is 5.32 Å². The summed E-state index contributed by atoms with van der Waals surface area (Å²) in [4.78, 5) is 0. The highest BCUT2D eigenvalue weighted by Gasteiger charge is 2.33. The molecule has 0 amide bonds. The summed E-state index contributed by atoms with van der Waals surface area (Å²) in [7, 11) is 0. The molecule has 1 fully saturated rings. The van der Waals surface area contributed by atoms with Crippen LogP contribution in [-0.2, 0) is 6.42 Å². The number of ether oxygens (including phenoxy) is 1. The first kappa shape index (κ1) is 14.9. The van der Waals surface area contributed by atoms with Gasteiger partial charge in [-0.15, -0.1) is 0 Å². The largest absolute Gasteiger partial charge is 0.493 e. The highest BCUT2D eigenvalue weighted by molar-refractivity contribution is 5.40. The molecule has 0 saturated heterocycles. The minimum Gasteiger partial charge on any atom is -0.493 e. The minimum absolute atomic E-state index is 0.422. The van der Waals surface area contributed by atoms with E-state index in [9.17, 15) is 0 Å². The van der Waals surface area contributed by atoms with Crippen LogP contribution in [0.3, 0.4) is 0 Å². The molecule has 1 heterocycles. The lowest BCUT2D eigenvalue weighted by Gasteiger charge is -2.41. The van der Waals surface area contributed by atoms with E-state index in [-0.39, 0.29) is 0 Å². The fraction of sp³-hybridized carbons (Fsp3) is 0.684. The van der Waals surface area contributed by atoms with E-state index >= 15 is 0 Å². The van der Waals surface area contributed by atoms with Crippen molar-refractivity contribution in [3.8, 4) is 5.75 Å². The summed E-state index contributed by atoms with van der Waals surface area (Å²) < 4.78 is 5.63. The van der Waals surface area contributed by atoms with Gasteiger partial charge in [0.15, 0.2) is 0 Å². The van der Waals surface area contributed by atoms with Gasteiger partial charge in [-0.2, -0.15) is 0 Å². The van der Waals surface area contributed by atoms with Gasteiger partial charge in [-0.25, -0.2) is 0 Å². The molecule has 3 rings (SSSR count). The first-order chi connectivity index (χ1) is 10.1. The summed E-state index contributed by atoms with van der Waals surface area (Å²) in [6, 6.07) is 7.88. The van der Waals surface area contributed by atoms with Gasteiger partial charge in [-0.1, -0.05) is 45.7 Å². The normalized spacial score (nSPS) is 25.2. The van der Waals surface area contributed by atoms with Crippen LogP contribution in [0.4, 0.5) is 0 Å². The fourth-order valence-electron chi connectivity index (χ4n) is 3.92. The number of benzene rings is 1. The van der Waals surface area contributed by atoms with E-state index in [4.69, 9.17) is 4.74 Å². The zero-order valence-electron chi connectivity index (χ0n) is 13.7. The van der Waals surface area contributed by atoms with Crippen molar-refractivity contribution in [2.45, 2.75) is 71.4 Å². The first-order valence-electron chi connectivity index (χ1n) is 8.62. The molecule has 2 aliphatic rings. The Balaban J connectivity index is 1.75. The molecule has 1 aromatic rings. The lowest BCUT2D eigenvalue weighted by molar-refractivity contribution is 0.154. The van der Waals surface area contributed by atoms with Crippen molar-refractivity contribution >= 4 is 0 Å². The lowest BCUT2D eigenvalue weighted by Crippen LogP contribution is -2.45. The maximum Gasteiger partial charge on any atom is 0.122 e. The third-order valence-electron chi connectivity index (χ3n) is 5.43. The van der Waals surface area contributed by atoms with Crippen LogP contribution in [0.2, 0.25) is 0 Å². The van der Waals surface area contributed by atoms with Gasteiger partial charge in [-0.05, 0) is 41.9 Å². The van der Waals surface area contributed by atoms with Gasteiger partial charge in [0.05, 0.1) is 6.61 Å². The van der Waals surface area contributed by atoms with Crippen molar-refractivity contribution in [2.24, 2.45) is 5.41 Å². The SMILES string of the molecule is CCC(NC1CCCCC1(C)C)c1ccc2c(c1)CCO2. The van der Waals surface area contributed by atoms with E-state index < -0.39 is 0 Å². The van der Waals surface area contributed by atoms with Crippen LogP contribution in [0.5, 0.6) is 5.75 Å². The highest BCUT2D eigenvalue weighted by Crippen LogP contribution is 2.37. The topological polar surface area (TPSA) is 21.3 Å². The fourth-order valence-corrected chi connectivity index (χ4v) is 3.92. The Morgan fingerprint density at radius 2 is 2.19 bits per heavy atom.